The van der Waals surface area contributed by atoms with Crippen molar-refractivity contribution in [2.24, 2.45) is 0 Å². The molecule has 0 aromatic rings. The largest absolute Gasteiger partial charge is 0.359 e. The molecule has 0 aromatic heterocycles. The second-order valence-corrected chi connectivity index (χ2v) is 2.46. The highest BCUT2D eigenvalue weighted by molar-refractivity contribution is 5.35. The van der Waals surface area contributed by atoms with Gasteiger partial charge in [0.15, 0.2) is 0 Å². The summed E-state index contributed by atoms with van der Waals surface area (Å²) in [7, 11) is 0. The molecular formula is C10H14N2. The molecule has 0 radical (unpaired) electrons. The van der Waals surface area contributed by atoms with Crippen LogP contribution in [0.1, 0.15) is 13.3 Å². The number of rotatable bonds is 2. The minimum atomic E-state index is 1.02. The van der Waals surface area contributed by atoms with Crippen LogP contribution < -0.4 is 10.6 Å². The SMILES string of the molecule is C=C/C=C1/NC=CN/C1=C/CC. The molecule has 0 atom stereocenters. The molecule has 0 saturated carbocycles. The van der Waals surface area contributed by atoms with E-state index in [0.717, 1.165) is 17.8 Å². The van der Waals surface area contributed by atoms with Crippen LogP contribution in [0.25, 0.3) is 0 Å². The molecule has 1 rings (SSSR count). The molecule has 2 nitrogen and oxygen atoms in total. The third-order valence-corrected chi connectivity index (χ3v) is 1.54. The summed E-state index contributed by atoms with van der Waals surface area (Å²) in [5.74, 6) is 0. The van der Waals surface area contributed by atoms with Gasteiger partial charge in [-0.15, -0.1) is 0 Å². The van der Waals surface area contributed by atoms with Gasteiger partial charge in [0.2, 0.25) is 0 Å². The second-order valence-electron chi connectivity index (χ2n) is 2.46. The molecule has 0 aromatic carbocycles. The molecule has 2 N–H and O–H groups in total. The summed E-state index contributed by atoms with van der Waals surface area (Å²) in [5.41, 5.74) is 2.18. The van der Waals surface area contributed by atoms with Crippen molar-refractivity contribution in [1.29, 1.82) is 0 Å². The molecule has 0 saturated heterocycles. The Labute approximate surface area is 73.4 Å². The predicted molar refractivity (Wildman–Crippen MR) is 52.1 cm³/mol. The third kappa shape index (κ3) is 2.02. The summed E-state index contributed by atoms with van der Waals surface area (Å²) in [6, 6.07) is 0. The van der Waals surface area contributed by atoms with E-state index in [2.05, 4.69) is 30.2 Å². The summed E-state index contributed by atoms with van der Waals surface area (Å²) in [6.45, 7) is 5.76. The first-order chi connectivity index (χ1) is 5.88. The van der Waals surface area contributed by atoms with Crippen molar-refractivity contribution < 1.29 is 0 Å². The van der Waals surface area contributed by atoms with Gasteiger partial charge in [-0.25, -0.2) is 0 Å². The highest BCUT2D eigenvalue weighted by Gasteiger charge is 2.03. The normalized spacial score (nSPS) is 22.1. The number of hydrogen-bond acceptors (Lipinski definition) is 2. The molecule has 0 spiro atoms. The molecule has 1 aliphatic heterocycles. The van der Waals surface area contributed by atoms with E-state index in [1.807, 2.05) is 18.5 Å². The Balaban J connectivity index is 2.83. The fourth-order valence-corrected chi connectivity index (χ4v) is 1.05. The molecule has 0 unspecified atom stereocenters. The summed E-state index contributed by atoms with van der Waals surface area (Å²) >= 11 is 0. The maximum atomic E-state index is 3.65. The van der Waals surface area contributed by atoms with Gasteiger partial charge in [-0.2, -0.15) is 0 Å². The summed E-state index contributed by atoms with van der Waals surface area (Å²) < 4.78 is 0. The molecule has 64 valence electrons. The highest BCUT2D eigenvalue weighted by Crippen LogP contribution is 2.07. The van der Waals surface area contributed by atoms with E-state index >= 15 is 0 Å². The minimum absolute atomic E-state index is 1.02. The van der Waals surface area contributed by atoms with Crippen LogP contribution in [0.3, 0.4) is 0 Å². The molecule has 0 amide bonds. The number of allylic oxidation sites excluding steroid dienone is 3. The molecule has 2 heteroatoms. The van der Waals surface area contributed by atoms with Crippen LogP contribution in [0.15, 0.2) is 48.6 Å². The van der Waals surface area contributed by atoms with Gasteiger partial charge >= 0.3 is 0 Å². The zero-order valence-electron chi connectivity index (χ0n) is 7.30. The van der Waals surface area contributed by atoms with Crippen molar-refractivity contribution in [2.75, 3.05) is 0 Å². The van der Waals surface area contributed by atoms with Gasteiger partial charge in [0, 0.05) is 12.4 Å². The average molecular weight is 162 g/mol. The summed E-state index contributed by atoms with van der Waals surface area (Å²) in [4.78, 5) is 0. The lowest BCUT2D eigenvalue weighted by Gasteiger charge is -2.16. The van der Waals surface area contributed by atoms with Gasteiger partial charge in [0.05, 0.1) is 11.4 Å². The van der Waals surface area contributed by atoms with Crippen LogP contribution in [-0.4, -0.2) is 0 Å². The predicted octanol–water partition coefficient (Wildman–Crippen LogP) is 2.01. The summed E-state index contributed by atoms with van der Waals surface area (Å²) in [6.07, 6.45) is 10.6. The van der Waals surface area contributed by atoms with E-state index in [1.54, 1.807) is 6.08 Å². The quantitative estimate of drug-likeness (QED) is 0.649. The third-order valence-electron chi connectivity index (χ3n) is 1.54. The monoisotopic (exact) mass is 162 g/mol. The first-order valence-corrected chi connectivity index (χ1v) is 4.09. The van der Waals surface area contributed by atoms with Gasteiger partial charge in [-0.1, -0.05) is 25.7 Å². The van der Waals surface area contributed by atoms with E-state index in [0.29, 0.717) is 0 Å². The van der Waals surface area contributed by atoms with Crippen molar-refractivity contribution in [1.82, 2.24) is 10.6 Å². The van der Waals surface area contributed by atoms with Gasteiger partial charge in [0.25, 0.3) is 0 Å². The van der Waals surface area contributed by atoms with Crippen LogP contribution >= 0.6 is 0 Å². The highest BCUT2D eigenvalue weighted by atomic mass is 15.0. The van der Waals surface area contributed by atoms with E-state index in [-0.39, 0.29) is 0 Å². The lowest BCUT2D eigenvalue weighted by Crippen LogP contribution is -2.21. The molecule has 1 aliphatic rings. The maximum absolute atomic E-state index is 3.65. The molecule has 0 fully saturated rings. The Hall–Kier alpha value is -1.44. The molecular weight excluding hydrogens is 148 g/mol. The van der Waals surface area contributed by atoms with Crippen LogP contribution in [-0.2, 0) is 0 Å². The van der Waals surface area contributed by atoms with Crippen molar-refractivity contribution >= 4 is 0 Å². The Morgan fingerprint density at radius 3 is 2.58 bits per heavy atom. The minimum Gasteiger partial charge on any atom is -0.359 e. The van der Waals surface area contributed by atoms with Crippen LogP contribution in [0, 0.1) is 0 Å². The van der Waals surface area contributed by atoms with Gasteiger partial charge in [-0.3, -0.25) is 0 Å². The van der Waals surface area contributed by atoms with Crippen LogP contribution in [0.2, 0.25) is 0 Å². The molecule has 0 bridgehead atoms. The van der Waals surface area contributed by atoms with Crippen molar-refractivity contribution in [3.05, 3.63) is 48.6 Å². The lowest BCUT2D eigenvalue weighted by molar-refractivity contribution is 0.902. The second kappa shape index (κ2) is 4.44. The van der Waals surface area contributed by atoms with Crippen molar-refractivity contribution in [3.63, 3.8) is 0 Å². The van der Waals surface area contributed by atoms with E-state index in [4.69, 9.17) is 0 Å². The van der Waals surface area contributed by atoms with Crippen LogP contribution in [0.4, 0.5) is 0 Å². The Kier molecular flexibility index (Phi) is 3.20. The number of hydrogen-bond donors (Lipinski definition) is 2. The smallest absolute Gasteiger partial charge is 0.0615 e. The Morgan fingerprint density at radius 1 is 1.33 bits per heavy atom. The van der Waals surface area contributed by atoms with E-state index < -0.39 is 0 Å². The van der Waals surface area contributed by atoms with Gasteiger partial charge < -0.3 is 10.6 Å². The fraction of sp³-hybridized carbons (Fsp3) is 0.200. The van der Waals surface area contributed by atoms with Crippen molar-refractivity contribution in [3.8, 4) is 0 Å². The molecule has 12 heavy (non-hydrogen) atoms. The first kappa shape index (κ1) is 8.65. The van der Waals surface area contributed by atoms with E-state index in [9.17, 15) is 0 Å². The first-order valence-electron chi connectivity index (χ1n) is 4.09. The zero-order chi connectivity index (χ0) is 8.81. The molecule has 1 heterocycles. The van der Waals surface area contributed by atoms with E-state index in [1.165, 1.54) is 0 Å². The standard InChI is InChI=1S/C10H14N2/c1-3-5-9-10(6-4-2)12-8-7-11-9/h3,5-8,11-12H,1,4H2,2H3/b9-5+,10-6+. The average Bonchev–Trinajstić information content (AvgIpc) is 2.09. The molecule has 0 aliphatic carbocycles. The van der Waals surface area contributed by atoms with Crippen LogP contribution in [0.5, 0.6) is 0 Å². The Morgan fingerprint density at radius 2 is 2.00 bits per heavy atom. The fourth-order valence-electron chi connectivity index (χ4n) is 1.05. The lowest BCUT2D eigenvalue weighted by atomic mass is 10.2. The van der Waals surface area contributed by atoms with Gasteiger partial charge in [0.1, 0.15) is 0 Å². The summed E-state index contributed by atoms with van der Waals surface area (Å²) in [5, 5.41) is 6.29. The van der Waals surface area contributed by atoms with Gasteiger partial charge in [-0.05, 0) is 12.5 Å². The maximum Gasteiger partial charge on any atom is 0.0615 e. The zero-order valence-corrected chi connectivity index (χ0v) is 7.30. The topological polar surface area (TPSA) is 24.1 Å². The Bertz CT molecular complexity index is 247. The van der Waals surface area contributed by atoms with Crippen molar-refractivity contribution in [2.45, 2.75) is 13.3 Å². The number of nitrogens with one attached hydrogen (secondary N) is 2.